The fraction of sp³-hybridized carbons (Fsp3) is 0.294. The normalized spacial score (nSPS) is 11.3. The number of nitrogens with zero attached hydrogens (tertiary/aromatic N) is 2. The van der Waals surface area contributed by atoms with Crippen LogP contribution >= 0.6 is 58.0 Å². The lowest BCUT2D eigenvalue weighted by molar-refractivity contribution is 0.854. The summed E-state index contributed by atoms with van der Waals surface area (Å²) in [5, 5.41) is 8.49. The standard InChI is InChI=1S/C17H20N4S3.HI/c1-12-21-15(11-23-12)16-5-4-14(24-16)7-9-20-17(18)19-8-6-13-3-2-10-22-13;/h2-5,10-11H,6-9H2,1H3,(H3,18,19,20);1H. The molecule has 0 saturated heterocycles. The number of aromatic nitrogens is 1. The Morgan fingerprint density at radius 2 is 2.08 bits per heavy atom. The number of guanidine groups is 1. The molecule has 0 aromatic carbocycles. The van der Waals surface area contributed by atoms with E-state index in [1.54, 1.807) is 34.0 Å². The maximum atomic E-state index is 5.91. The van der Waals surface area contributed by atoms with Gasteiger partial charge in [0.1, 0.15) is 0 Å². The molecule has 0 bridgehead atoms. The molecule has 134 valence electrons. The number of thiazole rings is 1. The molecular weight excluding hydrogens is 483 g/mol. The van der Waals surface area contributed by atoms with Gasteiger partial charge in [0.2, 0.25) is 0 Å². The van der Waals surface area contributed by atoms with Gasteiger partial charge >= 0.3 is 0 Å². The Hall–Kier alpha value is -0.970. The van der Waals surface area contributed by atoms with E-state index < -0.39 is 0 Å². The summed E-state index contributed by atoms with van der Waals surface area (Å²) >= 11 is 5.24. The van der Waals surface area contributed by atoms with Crippen LogP contribution in [0.1, 0.15) is 14.8 Å². The van der Waals surface area contributed by atoms with Gasteiger partial charge in [-0.05, 0) is 36.9 Å². The van der Waals surface area contributed by atoms with Crippen LogP contribution in [0.5, 0.6) is 0 Å². The average Bonchev–Trinajstić information content (AvgIpc) is 3.28. The average molecular weight is 504 g/mol. The Labute approximate surface area is 177 Å². The molecule has 0 aliphatic rings. The lowest BCUT2D eigenvalue weighted by atomic mass is 10.3. The Morgan fingerprint density at radius 3 is 2.80 bits per heavy atom. The number of hydrogen-bond donors (Lipinski definition) is 2. The van der Waals surface area contributed by atoms with Gasteiger partial charge in [0, 0.05) is 34.6 Å². The third-order valence-corrected chi connectivity index (χ3v) is 6.31. The monoisotopic (exact) mass is 504 g/mol. The van der Waals surface area contributed by atoms with Crippen LogP contribution in [0.25, 0.3) is 10.6 Å². The van der Waals surface area contributed by atoms with E-state index in [1.807, 2.05) is 6.92 Å². The molecule has 0 atom stereocenters. The number of thiophene rings is 2. The van der Waals surface area contributed by atoms with Crippen LogP contribution in [0.4, 0.5) is 0 Å². The molecule has 8 heteroatoms. The van der Waals surface area contributed by atoms with E-state index in [0.29, 0.717) is 5.96 Å². The van der Waals surface area contributed by atoms with Crippen molar-refractivity contribution in [3.05, 3.63) is 49.8 Å². The van der Waals surface area contributed by atoms with Crippen LogP contribution in [-0.2, 0) is 12.8 Å². The number of rotatable bonds is 7. The summed E-state index contributed by atoms with van der Waals surface area (Å²) < 4.78 is 0. The first-order valence-electron chi connectivity index (χ1n) is 7.78. The van der Waals surface area contributed by atoms with Crippen molar-refractivity contribution in [3.63, 3.8) is 0 Å². The summed E-state index contributed by atoms with van der Waals surface area (Å²) in [6.45, 7) is 3.56. The van der Waals surface area contributed by atoms with E-state index in [0.717, 1.165) is 36.6 Å². The first-order valence-corrected chi connectivity index (χ1v) is 10.4. The second kappa shape index (κ2) is 10.2. The highest BCUT2D eigenvalue weighted by Gasteiger charge is 2.06. The van der Waals surface area contributed by atoms with E-state index in [2.05, 4.69) is 50.3 Å². The van der Waals surface area contributed by atoms with Gasteiger partial charge in [-0.15, -0.1) is 58.0 Å². The number of aryl methyl sites for hydroxylation is 1. The molecular formula is C17H21IN4S3. The second-order valence-corrected chi connectivity index (χ2v) is 8.55. The van der Waals surface area contributed by atoms with Crippen LogP contribution in [-0.4, -0.2) is 24.0 Å². The molecule has 0 spiro atoms. The maximum absolute atomic E-state index is 5.91. The van der Waals surface area contributed by atoms with Crippen molar-refractivity contribution in [1.29, 1.82) is 0 Å². The highest BCUT2D eigenvalue weighted by Crippen LogP contribution is 2.29. The van der Waals surface area contributed by atoms with Crippen molar-refractivity contribution < 1.29 is 0 Å². The smallest absolute Gasteiger partial charge is 0.188 e. The van der Waals surface area contributed by atoms with Gasteiger partial charge < -0.3 is 11.1 Å². The second-order valence-electron chi connectivity index (χ2n) is 5.29. The molecule has 3 rings (SSSR count). The molecule has 3 aromatic heterocycles. The van der Waals surface area contributed by atoms with Gasteiger partial charge in [-0.25, -0.2) is 4.98 Å². The first kappa shape index (κ1) is 20.3. The fourth-order valence-electron chi connectivity index (χ4n) is 2.24. The van der Waals surface area contributed by atoms with Gasteiger partial charge in [-0.1, -0.05) is 6.07 Å². The quantitative estimate of drug-likeness (QED) is 0.282. The van der Waals surface area contributed by atoms with Crippen molar-refractivity contribution in [2.24, 2.45) is 10.7 Å². The minimum atomic E-state index is 0. The number of nitrogens with one attached hydrogen (secondary N) is 1. The molecule has 0 unspecified atom stereocenters. The van der Waals surface area contributed by atoms with Gasteiger partial charge in [-0.2, -0.15) is 0 Å². The number of halogens is 1. The predicted molar refractivity (Wildman–Crippen MR) is 122 cm³/mol. The largest absolute Gasteiger partial charge is 0.370 e. The number of hydrogen-bond acceptors (Lipinski definition) is 5. The van der Waals surface area contributed by atoms with E-state index in [1.165, 1.54) is 14.6 Å². The summed E-state index contributed by atoms with van der Waals surface area (Å²) in [4.78, 5) is 12.8. The van der Waals surface area contributed by atoms with E-state index in [9.17, 15) is 0 Å². The van der Waals surface area contributed by atoms with Crippen molar-refractivity contribution in [1.82, 2.24) is 10.3 Å². The summed E-state index contributed by atoms with van der Waals surface area (Å²) in [5.41, 5.74) is 6.99. The highest BCUT2D eigenvalue weighted by atomic mass is 127. The Kier molecular flexibility index (Phi) is 8.34. The summed E-state index contributed by atoms with van der Waals surface area (Å²) in [5.74, 6) is 0.526. The third kappa shape index (κ3) is 6.36. The zero-order valence-electron chi connectivity index (χ0n) is 13.9. The fourth-order valence-corrected chi connectivity index (χ4v) is 4.59. The van der Waals surface area contributed by atoms with E-state index in [4.69, 9.17) is 5.73 Å². The van der Waals surface area contributed by atoms with Crippen LogP contribution in [0.3, 0.4) is 0 Å². The molecule has 0 amide bonds. The molecule has 0 saturated carbocycles. The van der Waals surface area contributed by atoms with Crippen LogP contribution in [0, 0.1) is 6.92 Å². The lowest BCUT2D eigenvalue weighted by Gasteiger charge is -2.04. The van der Waals surface area contributed by atoms with Crippen molar-refractivity contribution in [2.75, 3.05) is 13.1 Å². The molecule has 4 nitrogen and oxygen atoms in total. The molecule has 3 heterocycles. The molecule has 25 heavy (non-hydrogen) atoms. The Bertz CT molecular complexity index is 793. The van der Waals surface area contributed by atoms with Crippen molar-refractivity contribution in [2.45, 2.75) is 19.8 Å². The molecule has 3 aromatic rings. The topological polar surface area (TPSA) is 63.3 Å². The highest BCUT2D eigenvalue weighted by molar-refractivity contribution is 14.0. The zero-order chi connectivity index (χ0) is 16.8. The van der Waals surface area contributed by atoms with Crippen LogP contribution in [0.2, 0.25) is 0 Å². The van der Waals surface area contributed by atoms with Crippen molar-refractivity contribution in [3.8, 4) is 10.6 Å². The summed E-state index contributed by atoms with van der Waals surface area (Å²) in [6.07, 6.45) is 1.89. The third-order valence-electron chi connectivity index (χ3n) is 3.43. The summed E-state index contributed by atoms with van der Waals surface area (Å²) in [7, 11) is 0. The van der Waals surface area contributed by atoms with Crippen molar-refractivity contribution >= 4 is 63.9 Å². The predicted octanol–water partition coefficient (Wildman–Crippen LogP) is 4.55. The molecule has 3 N–H and O–H groups in total. The molecule has 0 fully saturated rings. The summed E-state index contributed by atoms with van der Waals surface area (Å²) in [6, 6.07) is 8.50. The van der Waals surface area contributed by atoms with Gasteiger partial charge in [0.15, 0.2) is 5.96 Å². The molecule has 0 radical (unpaired) electrons. The Balaban J connectivity index is 0.00000225. The van der Waals surface area contributed by atoms with Gasteiger partial charge in [0.05, 0.1) is 15.6 Å². The number of aliphatic imine (C=N–C) groups is 1. The minimum Gasteiger partial charge on any atom is -0.370 e. The first-order chi connectivity index (χ1) is 11.7. The van der Waals surface area contributed by atoms with Gasteiger partial charge in [0.25, 0.3) is 0 Å². The lowest BCUT2D eigenvalue weighted by Crippen LogP contribution is -2.33. The molecule has 0 aliphatic carbocycles. The van der Waals surface area contributed by atoms with Gasteiger partial charge in [-0.3, -0.25) is 4.99 Å². The van der Waals surface area contributed by atoms with E-state index >= 15 is 0 Å². The van der Waals surface area contributed by atoms with Crippen LogP contribution in [0.15, 0.2) is 40.0 Å². The van der Waals surface area contributed by atoms with Crippen LogP contribution < -0.4 is 11.1 Å². The number of nitrogens with two attached hydrogens (primary N) is 1. The Morgan fingerprint density at radius 1 is 1.20 bits per heavy atom. The minimum absolute atomic E-state index is 0. The zero-order valence-corrected chi connectivity index (χ0v) is 18.7. The van der Waals surface area contributed by atoms with E-state index in [-0.39, 0.29) is 24.0 Å². The maximum Gasteiger partial charge on any atom is 0.188 e. The SMILES string of the molecule is Cc1nc(-c2ccc(CCNC(N)=NCCc3cccs3)s2)cs1.I. The molecule has 0 aliphatic heterocycles.